The second kappa shape index (κ2) is 9.67. The number of carbonyl (C=O) groups is 3. The molecule has 0 spiro atoms. The minimum Gasteiger partial charge on any atom is -0.449 e. The van der Waals surface area contributed by atoms with Crippen molar-refractivity contribution in [2.45, 2.75) is 27.2 Å². The lowest BCUT2D eigenvalue weighted by atomic mass is 10.2. The molecule has 0 aliphatic rings. The molecule has 0 saturated carbocycles. The van der Waals surface area contributed by atoms with Gasteiger partial charge in [-0.1, -0.05) is 19.9 Å². The van der Waals surface area contributed by atoms with Crippen LogP contribution in [0, 0.1) is 5.92 Å². The first-order valence-electron chi connectivity index (χ1n) is 8.37. The highest BCUT2D eigenvalue weighted by molar-refractivity contribution is 7.13. The summed E-state index contributed by atoms with van der Waals surface area (Å²) in [6.45, 7) is 5.63. The predicted octanol–water partition coefficient (Wildman–Crippen LogP) is 3.49. The number of carbonyl (C=O) groups excluding carboxylic acids is 3. The van der Waals surface area contributed by atoms with Crippen molar-refractivity contribution in [3.8, 4) is 0 Å². The number of aromatic nitrogens is 1. The van der Waals surface area contributed by atoms with Crippen LogP contribution in [-0.2, 0) is 20.7 Å². The SMILES string of the molecule is CC(=O)Nc1cccc(NC(=O)Cc2csc(NC(=O)OCC(C)C)n2)c1. The number of hydrogen-bond donors (Lipinski definition) is 3. The van der Waals surface area contributed by atoms with Crippen molar-refractivity contribution in [2.24, 2.45) is 5.92 Å². The van der Waals surface area contributed by atoms with Crippen molar-refractivity contribution in [1.82, 2.24) is 4.98 Å². The highest BCUT2D eigenvalue weighted by atomic mass is 32.1. The van der Waals surface area contributed by atoms with Crippen LogP contribution in [0.1, 0.15) is 26.5 Å². The Balaban J connectivity index is 1.87. The van der Waals surface area contributed by atoms with Gasteiger partial charge in [-0.05, 0) is 24.1 Å². The number of ether oxygens (including phenoxy) is 1. The normalized spacial score (nSPS) is 10.4. The van der Waals surface area contributed by atoms with E-state index >= 15 is 0 Å². The standard InChI is InChI=1S/C18H22N4O4S/c1-11(2)9-26-18(25)22-17-21-15(10-27-17)8-16(24)20-14-6-4-5-13(7-14)19-12(3)23/h4-7,10-11H,8-9H2,1-3H3,(H,19,23)(H,20,24)(H,21,22,25). The second-order valence-electron chi connectivity index (χ2n) is 6.25. The minimum atomic E-state index is -0.566. The summed E-state index contributed by atoms with van der Waals surface area (Å²) in [5.41, 5.74) is 1.70. The van der Waals surface area contributed by atoms with Crippen LogP contribution in [0.2, 0.25) is 0 Å². The molecule has 0 saturated heterocycles. The highest BCUT2D eigenvalue weighted by Crippen LogP contribution is 2.18. The third-order valence-corrected chi connectivity index (χ3v) is 3.92. The number of nitrogens with one attached hydrogen (secondary N) is 3. The first kappa shape index (κ1) is 20.4. The second-order valence-corrected chi connectivity index (χ2v) is 7.11. The molecule has 27 heavy (non-hydrogen) atoms. The minimum absolute atomic E-state index is 0.0591. The van der Waals surface area contributed by atoms with Crippen molar-refractivity contribution in [3.63, 3.8) is 0 Å². The molecule has 3 N–H and O–H groups in total. The summed E-state index contributed by atoms with van der Waals surface area (Å²) in [6, 6.07) is 6.85. The first-order valence-corrected chi connectivity index (χ1v) is 9.25. The van der Waals surface area contributed by atoms with Gasteiger partial charge in [0, 0.05) is 23.7 Å². The Morgan fingerprint density at radius 3 is 2.52 bits per heavy atom. The number of anilines is 3. The lowest BCUT2D eigenvalue weighted by Gasteiger charge is -2.07. The molecular formula is C18H22N4O4S. The van der Waals surface area contributed by atoms with E-state index in [9.17, 15) is 14.4 Å². The number of rotatable bonds is 7. The van der Waals surface area contributed by atoms with Crippen LogP contribution in [0.4, 0.5) is 21.3 Å². The van der Waals surface area contributed by atoms with Gasteiger partial charge in [-0.15, -0.1) is 11.3 Å². The van der Waals surface area contributed by atoms with E-state index in [4.69, 9.17) is 4.74 Å². The molecule has 2 rings (SSSR count). The molecule has 8 nitrogen and oxygen atoms in total. The monoisotopic (exact) mass is 390 g/mol. The summed E-state index contributed by atoms with van der Waals surface area (Å²) in [6.07, 6.45) is -0.507. The van der Waals surface area contributed by atoms with E-state index in [0.29, 0.717) is 28.8 Å². The molecular weight excluding hydrogens is 368 g/mol. The first-order chi connectivity index (χ1) is 12.8. The fraction of sp³-hybridized carbons (Fsp3) is 0.333. The summed E-state index contributed by atoms with van der Waals surface area (Å²) in [5.74, 6) is -0.197. The zero-order valence-electron chi connectivity index (χ0n) is 15.4. The van der Waals surface area contributed by atoms with Crippen molar-refractivity contribution < 1.29 is 19.1 Å². The summed E-state index contributed by atoms with van der Waals surface area (Å²) >= 11 is 1.22. The molecule has 0 bridgehead atoms. The average Bonchev–Trinajstić information content (AvgIpc) is 2.99. The van der Waals surface area contributed by atoms with Crippen LogP contribution in [0.25, 0.3) is 0 Å². The molecule has 3 amide bonds. The molecule has 0 aliphatic carbocycles. The Bertz CT molecular complexity index is 819. The molecule has 1 aromatic heterocycles. The topological polar surface area (TPSA) is 109 Å². The molecule has 1 heterocycles. The van der Waals surface area contributed by atoms with Crippen LogP contribution in [0.15, 0.2) is 29.6 Å². The Hall–Kier alpha value is -2.94. The molecule has 0 atom stereocenters. The van der Waals surface area contributed by atoms with Crippen molar-refractivity contribution >= 4 is 45.8 Å². The number of hydrogen-bond acceptors (Lipinski definition) is 6. The van der Waals surface area contributed by atoms with Gasteiger partial charge in [0.2, 0.25) is 11.8 Å². The Morgan fingerprint density at radius 2 is 1.85 bits per heavy atom. The zero-order valence-corrected chi connectivity index (χ0v) is 16.2. The number of nitrogens with zero attached hydrogens (tertiary/aromatic N) is 1. The lowest BCUT2D eigenvalue weighted by Crippen LogP contribution is -2.17. The van der Waals surface area contributed by atoms with Gasteiger partial charge in [0.1, 0.15) is 0 Å². The van der Waals surface area contributed by atoms with Crippen LogP contribution in [-0.4, -0.2) is 29.5 Å². The van der Waals surface area contributed by atoms with Gasteiger partial charge >= 0.3 is 6.09 Å². The zero-order chi connectivity index (χ0) is 19.8. The fourth-order valence-corrected chi connectivity index (χ4v) is 2.75. The summed E-state index contributed by atoms with van der Waals surface area (Å²) in [7, 11) is 0. The van der Waals surface area contributed by atoms with Crippen LogP contribution < -0.4 is 16.0 Å². The number of thiazole rings is 1. The van der Waals surface area contributed by atoms with Crippen molar-refractivity contribution in [3.05, 3.63) is 35.3 Å². The van der Waals surface area contributed by atoms with E-state index < -0.39 is 6.09 Å². The Morgan fingerprint density at radius 1 is 1.15 bits per heavy atom. The van der Waals surface area contributed by atoms with Crippen LogP contribution in [0.5, 0.6) is 0 Å². The number of amides is 3. The van der Waals surface area contributed by atoms with Crippen LogP contribution >= 0.6 is 11.3 Å². The van der Waals surface area contributed by atoms with Crippen molar-refractivity contribution in [2.75, 3.05) is 22.6 Å². The maximum absolute atomic E-state index is 12.2. The van der Waals surface area contributed by atoms with E-state index in [2.05, 4.69) is 20.9 Å². The van der Waals surface area contributed by atoms with E-state index in [1.807, 2.05) is 13.8 Å². The predicted molar refractivity (Wildman–Crippen MR) is 105 cm³/mol. The van der Waals surface area contributed by atoms with E-state index in [-0.39, 0.29) is 24.2 Å². The van der Waals surface area contributed by atoms with Gasteiger partial charge < -0.3 is 15.4 Å². The summed E-state index contributed by atoms with van der Waals surface area (Å²) in [5, 5.41) is 10.0. The average molecular weight is 390 g/mol. The largest absolute Gasteiger partial charge is 0.449 e. The Labute approximate surface area is 161 Å². The third-order valence-electron chi connectivity index (χ3n) is 3.12. The molecule has 0 fully saturated rings. The third kappa shape index (κ3) is 7.45. The van der Waals surface area contributed by atoms with E-state index in [1.165, 1.54) is 18.3 Å². The maximum Gasteiger partial charge on any atom is 0.413 e. The summed E-state index contributed by atoms with van der Waals surface area (Å²) in [4.78, 5) is 39.1. The molecule has 0 aliphatic heterocycles. The van der Waals surface area contributed by atoms with Gasteiger partial charge in [-0.3, -0.25) is 14.9 Å². The van der Waals surface area contributed by atoms with Crippen molar-refractivity contribution in [1.29, 1.82) is 0 Å². The molecule has 9 heteroatoms. The number of benzene rings is 1. The molecule has 0 unspecified atom stereocenters. The smallest absolute Gasteiger partial charge is 0.413 e. The molecule has 0 radical (unpaired) electrons. The van der Waals surface area contributed by atoms with Crippen LogP contribution in [0.3, 0.4) is 0 Å². The summed E-state index contributed by atoms with van der Waals surface area (Å²) < 4.78 is 5.02. The quantitative estimate of drug-likeness (QED) is 0.670. The molecule has 2 aromatic rings. The van der Waals surface area contributed by atoms with Gasteiger partial charge in [0.25, 0.3) is 0 Å². The van der Waals surface area contributed by atoms with Gasteiger partial charge in [0.05, 0.1) is 18.7 Å². The maximum atomic E-state index is 12.2. The molecule has 1 aromatic carbocycles. The molecule has 144 valence electrons. The Kier molecular flexibility index (Phi) is 7.30. The lowest BCUT2D eigenvalue weighted by molar-refractivity contribution is -0.116. The van der Waals surface area contributed by atoms with E-state index in [1.54, 1.807) is 29.6 Å². The van der Waals surface area contributed by atoms with E-state index in [0.717, 1.165) is 0 Å². The van der Waals surface area contributed by atoms with Gasteiger partial charge in [-0.25, -0.2) is 9.78 Å². The highest BCUT2D eigenvalue weighted by Gasteiger charge is 2.11. The van der Waals surface area contributed by atoms with Gasteiger partial charge in [-0.2, -0.15) is 0 Å². The van der Waals surface area contributed by atoms with Gasteiger partial charge in [0.15, 0.2) is 5.13 Å². The fourth-order valence-electron chi connectivity index (χ4n) is 2.06.